The molecule has 1 fully saturated rings. The van der Waals surface area contributed by atoms with Crippen molar-refractivity contribution in [3.05, 3.63) is 47.3 Å². The number of carbonyl (C=O) groups is 2. The highest BCUT2D eigenvalue weighted by Crippen LogP contribution is 2.37. The molecule has 9 heteroatoms. The largest absolute Gasteiger partial charge is 0.493 e. The Morgan fingerprint density at radius 3 is 2.58 bits per heavy atom. The van der Waals surface area contributed by atoms with Crippen LogP contribution in [0.3, 0.4) is 0 Å². The van der Waals surface area contributed by atoms with Gasteiger partial charge in [-0.2, -0.15) is 0 Å². The molecule has 8 nitrogen and oxygen atoms in total. The van der Waals surface area contributed by atoms with E-state index in [-0.39, 0.29) is 41.0 Å². The topological polar surface area (TPSA) is 89.1 Å². The van der Waals surface area contributed by atoms with Crippen molar-refractivity contribution in [3.8, 4) is 11.5 Å². The number of halogens is 1. The van der Waals surface area contributed by atoms with Crippen LogP contribution in [-0.2, 0) is 9.53 Å². The number of likely N-dealkylation sites (N-methyl/N-ethyl adjacent to an activating group) is 1. The van der Waals surface area contributed by atoms with Crippen molar-refractivity contribution in [2.24, 2.45) is 0 Å². The van der Waals surface area contributed by atoms with E-state index in [4.69, 9.17) is 14.2 Å². The van der Waals surface area contributed by atoms with Crippen LogP contribution < -0.4 is 20.1 Å². The minimum Gasteiger partial charge on any atom is -0.493 e. The Bertz CT molecular complexity index is 982. The van der Waals surface area contributed by atoms with Gasteiger partial charge in [0.15, 0.2) is 11.5 Å². The molecule has 0 saturated carbocycles. The molecule has 2 aromatic carbocycles. The Morgan fingerprint density at radius 2 is 1.90 bits per heavy atom. The lowest BCUT2D eigenvalue weighted by Gasteiger charge is -2.31. The number of hydrogen-bond donors (Lipinski definition) is 2. The first-order chi connectivity index (χ1) is 14.8. The van der Waals surface area contributed by atoms with Gasteiger partial charge in [-0.3, -0.25) is 14.5 Å². The maximum absolute atomic E-state index is 14.1. The molecule has 2 aromatic rings. The minimum atomic E-state index is -0.556. The number of rotatable bonds is 6. The normalized spacial score (nSPS) is 16.5. The summed E-state index contributed by atoms with van der Waals surface area (Å²) in [5.41, 5.74) is 1.30. The lowest BCUT2D eigenvalue weighted by molar-refractivity contribution is -0.126. The van der Waals surface area contributed by atoms with E-state index in [1.54, 1.807) is 13.0 Å². The van der Waals surface area contributed by atoms with Gasteiger partial charge in [0.25, 0.3) is 5.91 Å². The fourth-order valence-corrected chi connectivity index (χ4v) is 3.30. The SMILES string of the molecule is COc1cc(C(=O)Nc2cc(C)ccc2F)cc(NC(=O)[C@H]2COCCN2C)c1OC. The minimum absolute atomic E-state index is 0.0614. The Hall–Kier alpha value is -3.17. The predicted octanol–water partition coefficient (Wildman–Crippen LogP) is 2.67. The summed E-state index contributed by atoms with van der Waals surface area (Å²) in [6.45, 7) is 3.24. The summed E-state index contributed by atoms with van der Waals surface area (Å²) < 4.78 is 30.2. The first kappa shape index (κ1) is 22.5. The highest BCUT2D eigenvalue weighted by atomic mass is 19.1. The van der Waals surface area contributed by atoms with Gasteiger partial charge in [-0.15, -0.1) is 0 Å². The number of aryl methyl sites for hydroxylation is 1. The van der Waals surface area contributed by atoms with Gasteiger partial charge in [0.05, 0.1) is 38.8 Å². The Kier molecular flexibility index (Phi) is 7.09. The molecule has 2 N–H and O–H groups in total. The summed E-state index contributed by atoms with van der Waals surface area (Å²) in [6.07, 6.45) is 0. The van der Waals surface area contributed by atoms with Crippen LogP contribution in [0.25, 0.3) is 0 Å². The average Bonchev–Trinajstić information content (AvgIpc) is 2.75. The summed E-state index contributed by atoms with van der Waals surface area (Å²) in [7, 11) is 4.70. The fourth-order valence-electron chi connectivity index (χ4n) is 3.30. The molecule has 2 amide bonds. The number of benzene rings is 2. The van der Waals surface area contributed by atoms with Crippen LogP contribution in [0.5, 0.6) is 11.5 Å². The zero-order valence-electron chi connectivity index (χ0n) is 18.0. The molecule has 166 valence electrons. The van der Waals surface area contributed by atoms with E-state index in [1.807, 2.05) is 11.9 Å². The molecule has 0 bridgehead atoms. The maximum atomic E-state index is 14.1. The van der Waals surface area contributed by atoms with E-state index in [2.05, 4.69) is 10.6 Å². The second-order valence-electron chi connectivity index (χ2n) is 7.26. The number of anilines is 2. The van der Waals surface area contributed by atoms with Gasteiger partial charge in [0.2, 0.25) is 5.91 Å². The molecule has 1 saturated heterocycles. The molecule has 0 unspecified atom stereocenters. The molecule has 1 atom stereocenters. The summed E-state index contributed by atoms with van der Waals surface area (Å²) >= 11 is 0. The number of nitrogens with zero attached hydrogens (tertiary/aromatic N) is 1. The number of hydrogen-bond acceptors (Lipinski definition) is 6. The fraction of sp³-hybridized carbons (Fsp3) is 0.364. The number of methoxy groups -OCH3 is 2. The van der Waals surface area contributed by atoms with Crippen molar-refractivity contribution in [2.45, 2.75) is 13.0 Å². The zero-order chi connectivity index (χ0) is 22.5. The average molecular weight is 431 g/mol. The number of nitrogens with one attached hydrogen (secondary N) is 2. The first-order valence-corrected chi connectivity index (χ1v) is 9.76. The van der Waals surface area contributed by atoms with Crippen LogP contribution in [-0.4, -0.2) is 63.8 Å². The Balaban J connectivity index is 1.90. The third-order valence-electron chi connectivity index (χ3n) is 5.07. The second kappa shape index (κ2) is 9.76. The molecule has 1 heterocycles. The molecule has 0 aromatic heterocycles. The zero-order valence-corrected chi connectivity index (χ0v) is 18.0. The van der Waals surface area contributed by atoms with Gasteiger partial charge in [0, 0.05) is 12.1 Å². The third-order valence-corrected chi connectivity index (χ3v) is 5.07. The lowest BCUT2D eigenvalue weighted by atomic mass is 10.1. The Morgan fingerprint density at radius 1 is 1.13 bits per heavy atom. The molecular weight excluding hydrogens is 405 g/mol. The summed E-state index contributed by atoms with van der Waals surface area (Å²) in [4.78, 5) is 27.5. The van der Waals surface area contributed by atoms with Crippen molar-refractivity contribution in [3.63, 3.8) is 0 Å². The van der Waals surface area contributed by atoms with E-state index < -0.39 is 17.8 Å². The van der Waals surface area contributed by atoms with Crippen molar-refractivity contribution in [1.29, 1.82) is 0 Å². The van der Waals surface area contributed by atoms with Crippen molar-refractivity contribution in [2.75, 3.05) is 51.7 Å². The number of ether oxygens (including phenoxy) is 3. The highest BCUT2D eigenvalue weighted by molar-refractivity contribution is 6.07. The van der Waals surface area contributed by atoms with Gasteiger partial charge in [-0.1, -0.05) is 6.07 Å². The first-order valence-electron chi connectivity index (χ1n) is 9.76. The van der Waals surface area contributed by atoms with Crippen LogP contribution in [0.15, 0.2) is 30.3 Å². The molecule has 3 rings (SSSR count). The molecule has 0 aliphatic carbocycles. The molecular formula is C22H26FN3O5. The maximum Gasteiger partial charge on any atom is 0.255 e. The van der Waals surface area contributed by atoms with Crippen molar-refractivity contribution < 1.29 is 28.2 Å². The van der Waals surface area contributed by atoms with Crippen molar-refractivity contribution >= 4 is 23.2 Å². The monoisotopic (exact) mass is 431 g/mol. The van der Waals surface area contributed by atoms with Gasteiger partial charge in [-0.05, 0) is 43.8 Å². The van der Waals surface area contributed by atoms with Gasteiger partial charge in [-0.25, -0.2) is 4.39 Å². The highest BCUT2D eigenvalue weighted by Gasteiger charge is 2.28. The van der Waals surface area contributed by atoms with E-state index in [0.29, 0.717) is 13.2 Å². The summed E-state index contributed by atoms with van der Waals surface area (Å²) in [5.74, 6) is -0.880. The second-order valence-corrected chi connectivity index (χ2v) is 7.26. The lowest BCUT2D eigenvalue weighted by Crippen LogP contribution is -2.49. The van der Waals surface area contributed by atoms with E-state index in [9.17, 15) is 14.0 Å². The summed E-state index contributed by atoms with van der Waals surface area (Å²) in [6, 6.07) is 6.88. The van der Waals surface area contributed by atoms with Gasteiger partial charge >= 0.3 is 0 Å². The van der Waals surface area contributed by atoms with Crippen LogP contribution in [0, 0.1) is 12.7 Å². The van der Waals surface area contributed by atoms with Crippen molar-refractivity contribution in [1.82, 2.24) is 4.90 Å². The molecule has 0 spiro atoms. The molecule has 31 heavy (non-hydrogen) atoms. The number of morpholine rings is 1. The van der Waals surface area contributed by atoms with Crippen LogP contribution in [0.4, 0.5) is 15.8 Å². The van der Waals surface area contributed by atoms with Crippen LogP contribution in [0.1, 0.15) is 15.9 Å². The molecule has 1 aliphatic heterocycles. The Labute approximate surface area is 180 Å². The van der Waals surface area contributed by atoms with Crippen LogP contribution in [0.2, 0.25) is 0 Å². The predicted molar refractivity (Wildman–Crippen MR) is 115 cm³/mol. The standard InChI is InChI=1S/C22H26FN3O5/c1-13-5-6-15(23)16(9-13)24-21(27)14-10-17(20(30-4)19(11-14)29-3)25-22(28)18-12-31-8-7-26(18)2/h5-6,9-11,18H,7-8,12H2,1-4H3,(H,24,27)(H,25,28)/t18-/m1/s1. The summed E-state index contributed by atoms with van der Waals surface area (Å²) in [5, 5.41) is 5.35. The van der Waals surface area contributed by atoms with E-state index >= 15 is 0 Å². The van der Waals surface area contributed by atoms with Gasteiger partial charge < -0.3 is 24.8 Å². The van der Waals surface area contributed by atoms with E-state index in [0.717, 1.165) is 5.56 Å². The third kappa shape index (κ3) is 5.12. The smallest absolute Gasteiger partial charge is 0.255 e. The van der Waals surface area contributed by atoms with E-state index in [1.165, 1.54) is 38.5 Å². The molecule has 0 radical (unpaired) electrons. The van der Waals surface area contributed by atoms with Gasteiger partial charge in [0.1, 0.15) is 11.9 Å². The number of amides is 2. The number of carbonyl (C=O) groups excluding carboxylic acids is 2. The van der Waals surface area contributed by atoms with Crippen LogP contribution >= 0.6 is 0 Å². The quantitative estimate of drug-likeness (QED) is 0.731. The molecule has 1 aliphatic rings.